The van der Waals surface area contributed by atoms with Crippen LogP contribution in [0.15, 0.2) is 24.3 Å². The highest BCUT2D eigenvalue weighted by Crippen LogP contribution is 2.27. The van der Waals surface area contributed by atoms with Gasteiger partial charge in [-0.3, -0.25) is 0 Å². The molecule has 0 aliphatic heterocycles. The molecule has 0 saturated heterocycles. The second kappa shape index (κ2) is 5.68. The highest BCUT2D eigenvalue weighted by molar-refractivity contribution is 5.81. The summed E-state index contributed by atoms with van der Waals surface area (Å²) in [6.07, 6.45) is 0. The van der Waals surface area contributed by atoms with Gasteiger partial charge in [-0.15, -0.1) is 0 Å². The van der Waals surface area contributed by atoms with Gasteiger partial charge >= 0.3 is 5.97 Å². The van der Waals surface area contributed by atoms with Gasteiger partial charge in [-0.05, 0) is 38.5 Å². The first-order valence-electron chi connectivity index (χ1n) is 5.71. The summed E-state index contributed by atoms with van der Waals surface area (Å²) in [7, 11) is 0. The van der Waals surface area contributed by atoms with Gasteiger partial charge in [0.05, 0.1) is 6.61 Å². The van der Waals surface area contributed by atoms with E-state index in [2.05, 4.69) is 0 Å². The minimum absolute atomic E-state index is 0.330. The molecule has 17 heavy (non-hydrogen) atoms. The summed E-state index contributed by atoms with van der Waals surface area (Å²) in [6, 6.07) is 7.04. The Labute approximate surface area is 102 Å². The van der Waals surface area contributed by atoms with Crippen molar-refractivity contribution in [3.8, 4) is 0 Å². The molecule has 0 spiro atoms. The van der Waals surface area contributed by atoms with Crippen molar-refractivity contribution in [3.05, 3.63) is 29.8 Å². The molecule has 0 aliphatic carbocycles. The zero-order valence-electron chi connectivity index (χ0n) is 10.5. The van der Waals surface area contributed by atoms with Crippen LogP contribution in [0.4, 0.5) is 5.69 Å². The Balaban J connectivity index is 3.06. The van der Waals surface area contributed by atoms with Crippen LogP contribution in [0, 0.1) is 0 Å². The fraction of sp³-hybridized carbons (Fsp3) is 0.462. The second-order valence-electron chi connectivity index (χ2n) is 3.81. The molecule has 0 aromatic heterocycles. The normalized spacial score (nSPS) is 14.1. The number of carbonyl (C=O) groups is 1. The lowest BCUT2D eigenvalue weighted by Crippen LogP contribution is -2.37. The SMILES string of the molecule is CCOC(=O)C(C)(OCC)c1ccc(N)cc1. The van der Waals surface area contributed by atoms with Gasteiger partial charge in [-0.2, -0.15) is 0 Å². The van der Waals surface area contributed by atoms with Gasteiger partial charge in [0.2, 0.25) is 0 Å². The van der Waals surface area contributed by atoms with Crippen LogP contribution >= 0.6 is 0 Å². The predicted molar refractivity (Wildman–Crippen MR) is 66.5 cm³/mol. The molecular weight excluding hydrogens is 218 g/mol. The lowest BCUT2D eigenvalue weighted by atomic mass is 9.95. The van der Waals surface area contributed by atoms with Crippen molar-refractivity contribution in [1.82, 2.24) is 0 Å². The van der Waals surface area contributed by atoms with Gasteiger partial charge in [0.1, 0.15) is 0 Å². The van der Waals surface area contributed by atoms with E-state index in [1.165, 1.54) is 0 Å². The van der Waals surface area contributed by atoms with E-state index in [-0.39, 0.29) is 5.97 Å². The van der Waals surface area contributed by atoms with Crippen LogP contribution in [0.25, 0.3) is 0 Å². The second-order valence-corrected chi connectivity index (χ2v) is 3.81. The van der Waals surface area contributed by atoms with Crippen molar-refractivity contribution in [3.63, 3.8) is 0 Å². The summed E-state index contributed by atoms with van der Waals surface area (Å²) >= 11 is 0. The van der Waals surface area contributed by atoms with Crippen LogP contribution in [0.1, 0.15) is 26.3 Å². The van der Waals surface area contributed by atoms with Crippen LogP contribution in [0.2, 0.25) is 0 Å². The maximum absolute atomic E-state index is 12.0. The van der Waals surface area contributed by atoms with Crippen LogP contribution in [-0.4, -0.2) is 19.2 Å². The quantitative estimate of drug-likeness (QED) is 0.629. The summed E-state index contributed by atoms with van der Waals surface area (Å²) < 4.78 is 10.6. The largest absolute Gasteiger partial charge is 0.464 e. The zero-order valence-corrected chi connectivity index (χ0v) is 10.5. The molecule has 4 heteroatoms. The average Bonchev–Trinajstić information content (AvgIpc) is 2.30. The van der Waals surface area contributed by atoms with Gasteiger partial charge in [0.25, 0.3) is 0 Å². The molecule has 0 heterocycles. The van der Waals surface area contributed by atoms with Crippen molar-refractivity contribution in [1.29, 1.82) is 0 Å². The van der Waals surface area contributed by atoms with E-state index in [9.17, 15) is 4.79 Å². The lowest BCUT2D eigenvalue weighted by molar-refractivity contribution is -0.171. The Kier molecular flexibility index (Phi) is 4.52. The summed E-state index contributed by atoms with van der Waals surface area (Å²) in [6.45, 7) is 6.08. The first kappa shape index (κ1) is 13.5. The molecule has 2 N–H and O–H groups in total. The minimum atomic E-state index is -1.07. The van der Waals surface area contributed by atoms with E-state index in [1.54, 1.807) is 38.1 Å². The van der Waals surface area contributed by atoms with E-state index in [4.69, 9.17) is 15.2 Å². The fourth-order valence-corrected chi connectivity index (χ4v) is 1.62. The van der Waals surface area contributed by atoms with E-state index in [0.29, 0.717) is 18.9 Å². The molecule has 0 radical (unpaired) electrons. The third-order valence-corrected chi connectivity index (χ3v) is 2.56. The van der Waals surface area contributed by atoms with Crippen molar-refractivity contribution < 1.29 is 14.3 Å². The first-order chi connectivity index (χ1) is 8.04. The first-order valence-corrected chi connectivity index (χ1v) is 5.71. The molecule has 0 aliphatic rings. The summed E-state index contributed by atoms with van der Waals surface area (Å²) in [5, 5.41) is 0. The lowest BCUT2D eigenvalue weighted by Gasteiger charge is -2.27. The molecule has 1 aromatic rings. The monoisotopic (exact) mass is 237 g/mol. The number of nitrogens with two attached hydrogens (primary N) is 1. The predicted octanol–water partition coefficient (Wildman–Crippen LogP) is 2.08. The average molecular weight is 237 g/mol. The molecule has 1 atom stereocenters. The Morgan fingerprint density at radius 3 is 2.29 bits per heavy atom. The molecule has 0 bridgehead atoms. The Bertz CT molecular complexity index is 375. The van der Waals surface area contributed by atoms with Crippen molar-refractivity contribution in [2.24, 2.45) is 0 Å². The fourth-order valence-electron chi connectivity index (χ4n) is 1.62. The van der Waals surface area contributed by atoms with E-state index < -0.39 is 5.60 Å². The molecule has 1 aromatic carbocycles. The van der Waals surface area contributed by atoms with Gasteiger partial charge in [0.15, 0.2) is 5.60 Å². The Morgan fingerprint density at radius 2 is 1.82 bits per heavy atom. The smallest absolute Gasteiger partial charge is 0.342 e. The van der Waals surface area contributed by atoms with Crippen molar-refractivity contribution >= 4 is 11.7 Å². The third-order valence-electron chi connectivity index (χ3n) is 2.56. The van der Waals surface area contributed by atoms with Crippen LogP contribution in [0.5, 0.6) is 0 Å². The standard InChI is InChI=1S/C13H19NO3/c1-4-16-12(15)13(3,17-5-2)10-6-8-11(14)9-7-10/h6-9H,4-5,14H2,1-3H3. The molecule has 4 nitrogen and oxygen atoms in total. The molecule has 1 unspecified atom stereocenters. The number of carbonyl (C=O) groups excluding carboxylic acids is 1. The molecular formula is C13H19NO3. The molecule has 0 amide bonds. The highest BCUT2D eigenvalue weighted by Gasteiger charge is 2.37. The number of rotatable bonds is 5. The third kappa shape index (κ3) is 2.97. The number of benzene rings is 1. The molecule has 94 valence electrons. The number of esters is 1. The van der Waals surface area contributed by atoms with Crippen LogP contribution in [-0.2, 0) is 19.9 Å². The van der Waals surface area contributed by atoms with Crippen molar-refractivity contribution in [2.75, 3.05) is 18.9 Å². The molecule has 0 saturated carbocycles. The number of anilines is 1. The number of hydrogen-bond acceptors (Lipinski definition) is 4. The van der Waals surface area contributed by atoms with Gasteiger partial charge in [-0.25, -0.2) is 4.79 Å². The Hall–Kier alpha value is -1.55. The number of nitrogen functional groups attached to an aromatic ring is 1. The maximum atomic E-state index is 12.0. The zero-order chi connectivity index (χ0) is 12.9. The van der Waals surface area contributed by atoms with Crippen LogP contribution < -0.4 is 5.73 Å². The van der Waals surface area contributed by atoms with Crippen LogP contribution in [0.3, 0.4) is 0 Å². The summed E-state index contributed by atoms with van der Waals surface area (Å²) in [5.74, 6) is -0.383. The number of hydrogen-bond donors (Lipinski definition) is 1. The summed E-state index contributed by atoms with van der Waals surface area (Å²) in [5.41, 5.74) is 5.94. The molecule has 1 rings (SSSR count). The number of ether oxygens (including phenoxy) is 2. The topological polar surface area (TPSA) is 61.5 Å². The minimum Gasteiger partial charge on any atom is -0.464 e. The van der Waals surface area contributed by atoms with E-state index in [0.717, 1.165) is 5.56 Å². The van der Waals surface area contributed by atoms with Gasteiger partial charge < -0.3 is 15.2 Å². The highest BCUT2D eigenvalue weighted by atomic mass is 16.6. The Morgan fingerprint density at radius 1 is 1.24 bits per heavy atom. The van der Waals surface area contributed by atoms with E-state index >= 15 is 0 Å². The molecule has 0 fully saturated rings. The maximum Gasteiger partial charge on any atom is 0.342 e. The van der Waals surface area contributed by atoms with E-state index in [1.807, 2.05) is 6.92 Å². The van der Waals surface area contributed by atoms with Gasteiger partial charge in [-0.1, -0.05) is 12.1 Å². The summed E-state index contributed by atoms with van der Waals surface area (Å²) in [4.78, 5) is 12.0. The van der Waals surface area contributed by atoms with Crippen molar-refractivity contribution in [2.45, 2.75) is 26.4 Å². The van der Waals surface area contributed by atoms with Gasteiger partial charge in [0, 0.05) is 12.3 Å².